The molecule has 0 atom stereocenters. The summed E-state index contributed by atoms with van der Waals surface area (Å²) in [5.41, 5.74) is 1.62. The summed E-state index contributed by atoms with van der Waals surface area (Å²) in [5, 5.41) is 4.76. The van der Waals surface area contributed by atoms with E-state index in [1.54, 1.807) is 4.68 Å². The number of aryl methyl sites for hydroxylation is 1. The van der Waals surface area contributed by atoms with E-state index in [4.69, 9.17) is 11.6 Å². The standard InChI is InChI=1S/C8H11ClN2O/c1-5(12)4-11-7(3)8(9)6(2)10-11/h4H2,1-3H3. The summed E-state index contributed by atoms with van der Waals surface area (Å²) >= 11 is 5.89. The fraction of sp³-hybridized carbons (Fsp3) is 0.500. The maximum atomic E-state index is 10.8. The monoisotopic (exact) mass is 186 g/mol. The molecule has 1 aromatic rings. The van der Waals surface area contributed by atoms with E-state index in [1.165, 1.54) is 6.92 Å². The number of Topliss-reactive ketones (excluding diaryl/α,β-unsaturated/α-hetero) is 1. The first-order chi connectivity index (χ1) is 5.52. The van der Waals surface area contributed by atoms with Crippen molar-refractivity contribution < 1.29 is 4.79 Å². The van der Waals surface area contributed by atoms with Crippen molar-refractivity contribution in [2.24, 2.45) is 0 Å². The first kappa shape index (κ1) is 9.26. The highest BCUT2D eigenvalue weighted by atomic mass is 35.5. The number of hydrogen-bond donors (Lipinski definition) is 0. The van der Waals surface area contributed by atoms with Crippen LogP contribution < -0.4 is 0 Å². The van der Waals surface area contributed by atoms with Gasteiger partial charge in [-0.1, -0.05) is 11.6 Å². The van der Waals surface area contributed by atoms with Gasteiger partial charge in [0, 0.05) is 0 Å². The number of rotatable bonds is 2. The lowest BCUT2D eigenvalue weighted by atomic mass is 10.4. The molecule has 0 fully saturated rings. The van der Waals surface area contributed by atoms with Crippen molar-refractivity contribution >= 4 is 17.4 Å². The van der Waals surface area contributed by atoms with Gasteiger partial charge in [-0.15, -0.1) is 0 Å². The van der Waals surface area contributed by atoms with Gasteiger partial charge in [-0.2, -0.15) is 5.10 Å². The summed E-state index contributed by atoms with van der Waals surface area (Å²) < 4.78 is 1.62. The van der Waals surface area contributed by atoms with E-state index in [0.29, 0.717) is 11.6 Å². The smallest absolute Gasteiger partial charge is 0.151 e. The van der Waals surface area contributed by atoms with Gasteiger partial charge >= 0.3 is 0 Å². The topological polar surface area (TPSA) is 34.9 Å². The lowest BCUT2D eigenvalue weighted by Crippen LogP contribution is -2.09. The van der Waals surface area contributed by atoms with Crippen molar-refractivity contribution in [1.82, 2.24) is 9.78 Å². The number of nitrogens with zero attached hydrogens (tertiary/aromatic N) is 2. The first-order valence-electron chi connectivity index (χ1n) is 3.71. The van der Waals surface area contributed by atoms with Crippen LogP contribution in [0, 0.1) is 13.8 Å². The van der Waals surface area contributed by atoms with Gasteiger partial charge in [-0.3, -0.25) is 9.48 Å². The zero-order valence-electron chi connectivity index (χ0n) is 7.39. The SMILES string of the molecule is CC(=O)Cn1nc(C)c(Cl)c1C. The second-order valence-corrected chi connectivity index (χ2v) is 3.22. The number of aromatic nitrogens is 2. The van der Waals surface area contributed by atoms with Gasteiger partial charge in [0.2, 0.25) is 0 Å². The molecule has 0 saturated carbocycles. The number of ketones is 1. The Balaban J connectivity index is 3.01. The molecule has 0 aromatic carbocycles. The molecule has 3 nitrogen and oxygen atoms in total. The van der Waals surface area contributed by atoms with E-state index >= 15 is 0 Å². The van der Waals surface area contributed by atoms with Crippen LogP contribution in [0.15, 0.2) is 0 Å². The summed E-state index contributed by atoms with van der Waals surface area (Å²) in [5.74, 6) is 0.0808. The summed E-state index contributed by atoms with van der Waals surface area (Å²) in [7, 11) is 0. The molecular formula is C8H11ClN2O. The van der Waals surface area contributed by atoms with Gasteiger partial charge in [0.05, 0.1) is 23.0 Å². The van der Waals surface area contributed by atoms with Crippen LogP contribution in [-0.4, -0.2) is 15.6 Å². The van der Waals surface area contributed by atoms with Crippen LogP contribution in [0.5, 0.6) is 0 Å². The third-order valence-electron chi connectivity index (χ3n) is 1.67. The lowest BCUT2D eigenvalue weighted by molar-refractivity contribution is -0.117. The van der Waals surface area contributed by atoms with Gasteiger partial charge in [0.15, 0.2) is 5.78 Å². The summed E-state index contributed by atoms with van der Waals surface area (Å²) in [6.07, 6.45) is 0. The van der Waals surface area contributed by atoms with Crippen molar-refractivity contribution in [1.29, 1.82) is 0 Å². The molecule has 12 heavy (non-hydrogen) atoms. The van der Waals surface area contributed by atoms with Crippen molar-refractivity contribution in [2.75, 3.05) is 0 Å². The highest BCUT2D eigenvalue weighted by Gasteiger charge is 2.09. The third-order valence-corrected chi connectivity index (χ3v) is 2.21. The van der Waals surface area contributed by atoms with Gasteiger partial charge in [-0.05, 0) is 20.8 Å². The van der Waals surface area contributed by atoms with E-state index in [2.05, 4.69) is 5.10 Å². The normalized spacial score (nSPS) is 10.3. The average Bonchev–Trinajstić information content (AvgIpc) is 2.17. The predicted octanol–water partition coefficient (Wildman–Crippen LogP) is 1.74. The Morgan fingerprint density at radius 1 is 1.58 bits per heavy atom. The van der Waals surface area contributed by atoms with Crippen LogP contribution in [0.25, 0.3) is 0 Å². The molecule has 0 unspecified atom stereocenters. The first-order valence-corrected chi connectivity index (χ1v) is 4.09. The zero-order chi connectivity index (χ0) is 9.30. The molecular weight excluding hydrogens is 176 g/mol. The Kier molecular flexibility index (Phi) is 2.52. The second kappa shape index (κ2) is 3.27. The maximum absolute atomic E-state index is 10.8. The summed E-state index contributed by atoms with van der Waals surface area (Å²) in [6.45, 7) is 5.51. The van der Waals surface area contributed by atoms with Gasteiger partial charge < -0.3 is 0 Å². The minimum atomic E-state index is 0.0808. The van der Waals surface area contributed by atoms with Crippen LogP contribution in [0.1, 0.15) is 18.3 Å². The molecule has 0 saturated heterocycles. The van der Waals surface area contributed by atoms with E-state index < -0.39 is 0 Å². The van der Waals surface area contributed by atoms with Crippen molar-refractivity contribution in [3.63, 3.8) is 0 Å². The van der Waals surface area contributed by atoms with Crippen molar-refractivity contribution in [2.45, 2.75) is 27.3 Å². The Morgan fingerprint density at radius 2 is 2.17 bits per heavy atom. The van der Waals surface area contributed by atoms with Gasteiger partial charge in [0.1, 0.15) is 0 Å². The minimum absolute atomic E-state index is 0.0808. The summed E-state index contributed by atoms with van der Waals surface area (Å²) in [4.78, 5) is 10.8. The van der Waals surface area contributed by atoms with Crippen LogP contribution in [0.2, 0.25) is 5.02 Å². The van der Waals surface area contributed by atoms with Gasteiger partial charge in [0.25, 0.3) is 0 Å². The average molecular weight is 187 g/mol. The predicted molar refractivity (Wildman–Crippen MR) is 47.4 cm³/mol. The molecule has 1 heterocycles. The highest BCUT2D eigenvalue weighted by Crippen LogP contribution is 2.18. The Labute approximate surface area is 76.3 Å². The van der Waals surface area contributed by atoms with Crippen LogP contribution in [-0.2, 0) is 11.3 Å². The van der Waals surface area contributed by atoms with E-state index in [9.17, 15) is 4.79 Å². The van der Waals surface area contributed by atoms with Crippen LogP contribution in [0.3, 0.4) is 0 Å². The number of carbonyl (C=O) groups is 1. The molecule has 0 aliphatic heterocycles. The third kappa shape index (κ3) is 1.67. The Bertz CT molecular complexity index is 317. The lowest BCUT2D eigenvalue weighted by Gasteiger charge is -1.99. The largest absolute Gasteiger partial charge is 0.298 e. The molecule has 1 aromatic heterocycles. The second-order valence-electron chi connectivity index (χ2n) is 2.84. The molecule has 0 spiro atoms. The molecule has 4 heteroatoms. The molecule has 0 N–H and O–H groups in total. The fourth-order valence-electron chi connectivity index (χ4n) is 1.04. The minimum Gasteiger partial charge on any atom is -0.298 e. The number of carbonyl (C=O) groups excluding carboxylic acids is 1. The fourth-order valence-corrected chi connectivity index (χ4v) is 1.18. The van der Waals surface area contributed by atoms with Crippen LogP contribution in [0.4, 0.5) is 0 Å². The molecule has 0 bridgehead atoms. The van der Waals surface area contributed by atoms with Crippen LogP contribution >= 0.6 is 11.6 Å². The molecule has 0 radical (unpaired) electrons. The van der Waals surface area contributed by atoms with E-state index in [1.807, 2.05) is 13.8 Å². The Morgan fingerprint density at radius 3 is 2.50 bits per heavy atom. The Hall–Kier alpha value is -0.830. The van der Waals surface area contributed by atoms with Crippen molar-refractivity contribution in [3.8, 4) is 0 Å². The molecule has 0 aliphatic rings. The van der Waals surface area contributed by atoms with Crippen molar-refractivity contribution in [3.05, 3.63) is 16.4 Å². The molecule has 0 amide bonds. The number of halogens is 1. The van der Waals surface area contributed by atoms with E-state index in [-0.39, 0.29) is 5.78 Å². The molecule has 0 aliphatic carbocycles. The van der Waals surface area contributed by atoms with Gasteiger partial charge in [-0.25, -0.2) is 0 Å². The molecule has 66 valence electrons. The molecule has 1 rings (SSSR count). The maximum Gasteiger partial charge on any atom is 0.151 e. The number of hydrogen-bond acceptors (Lipinski definition) is 2. The zero-order valence-corrected chi connectivity index (χ0v) is 8.14. The quantitative estimate of drug-likeness (QED) is 0.705. The van der Waals surface area contributed by atoms with E-state index in [0.717, 1.165) is 11.4 Å². The summed E-state index contributed by atoms with van der Waals surface area (Å²) in [6, 6.07) is 0. The highest BCUT2D eigenvalue weighted by molar-refractivity contribution is 6.31.